The van der Waals surface area contributed by atoms with Crippen molar-refractivity contribution in [2.75, 3.05) is 0 Å². The van der Waals surface area contributed by atoms with E-state index in [1.807, 2.05) is 10.7 Å². The molecule has 0 atom stereocenters. The summed E-state index contributed by atoms with van der Waals surface area (Å²) in [6, 6.07) is 3.23. The molecule has 0 aliphatic heterocycles. The van der Waals surface area contributed by atoms with E-state index in [1.165, 1.54) is 12.3 Å². The second-order valence-electron chi connectivity index (χ2n) is 3.22. The fourth-order valence-corrected chi connectivity index (χ4v) is 1.42. The third-order valence-corrected chi connectivity index (χ3v) is 2.07. The van der Waals surface area contributed by atoms with E-state index in [2.05, 4.69) is 22.0 Å². The zero-order valence-corrected chi connectivity index (χ0v) is 8.47. The van der Waals surface area contributed by atoms with Gasteiger partial charge in [-0.05, 0) is 12.5 Å². The van der Waals surface area contributed by atoms with Gasteiger partial charge in [-0.1, -0.05) is 6.92 Å². The molecular formula is C10H12N4O. The van der Waals surface area contributed by atoms with Crippen LogP contribution >= 0.6 is 0 Å². The molecule has 15 heavy (non-hydrogen) atoms. The number of hydrogen-bond acceptors (Lipinski definition) is 3. The average molecular weight is 204 g/mol. The Bertz CT molecular complexity index is 500. The first-order valence-corrected chi connectivity index (χ1v) is 4.89. The number of rotatable bonds is 3. The molecule has 0 saturated heterocycles. The molecule has 2 aromatic rings. The van der Waals surface area contributed by atoms with Gasteiger partial charge in [0, 0.05) is 25.0 Å². The van der Waals surface area contributed by atoms with Crippen molar-refractivity contribution in [1.82, 2.24) is 19.7 Å². The molecule has 2 aromatic heterocycles. The summed E-state index contributed by atoms with van der Waals surface area (Å²) >= 11 is 0. The van der Waals surface area contributed by atoms with Crippen molar-refractivity contribution in [3.63, 3.8) is 0 Å². The largest absolute Gasteiger partial charge is 0.305 e. The highest BCUT2D eigenvalue weighted by molar-refractivity contribution is 5.47. The second kappa shape index (κ2) is 4.08. The van der Waals surface area contributed by atoms with Crippen LogP contribution in [0.25, 0.3) is 11.5 Å². The van der Waals surface area contributed by atoms with E-state index < -0.39 is 0 Å². The molecule has 0 aliphatic rings. The molecule has 0 aliphatic carbocycles. The van der Waals surface area contributed by atoms with Crippen LogP contribution in [0, 0.1) is 0 Å². The van der Waals surface area contributed by atoms with Crippen molar-refractivity contribution < 1.29 is 0 Å². The fraction of sp³-hybridized carbons (Fsp3) is 0.300. The van der Waals surface area contributed by atoms with Gasteiger partial charge in [-0.25, -0.2) is 4.98 Å². The Balaban J connectivity index is 2.44. The number of H-pyrrole nitrogens is 1. The van der Waals surface area contributed by atoms with Gasteiger partial charge in [0.15, 0.2) is 5.82 Å². The average Bonchev–Trinajstić information content (AvgIpc) is 2.66. The highest BCUT2D eigenvalue weighted by Crippen LogP contribution is 2.11. The lowest BCUT2D eigenvalue weighted by atomic mass is 10.4. The first-order chi connectivity index (χ1) is 7.31. The molecular weight excluding hydrogens is 192 g/mol. The maximum atomic E-state index is 11.1. The van der Waals surface area contributed by atoms with Gasteiger partial charge in [-0.15, -0.1) is 0 Å². The van der Waals surface area contributed by atoms with Crippen molar-refractivity contribution >= 4 is 0 Å². The molecule has 0 aromatic carbocycles. The van der Waals surface area contributed by atoms with Crippen LogP contribution in [0.3, 0.4) is 0 Å². The van der Waals surface area contributed by atoms with Crippen molar-refractivity contribution in [1.29, 1.82) is 0 Å². The van der Waals surface area contributed by atoms with E-state index in [1.54, 1.807) is 6.20 Å². The number of aromatic amines is 1. The van der Waals surface area contributed by atoms with Gasteiger partial charge in [0.05, 0.1) is 0 Å². The van der Waals surface area contributed by atoms with E-state index in [4.69, 9.17) is 0 Å². The van der Waals surface area contributed by atoms with Gasteiger partial charge < -0.3 is 4.98 Å². The smallest absolute Gasteiger partial charge is 0.251 e. The Hall–Kier alpha value is -1.91. The molecule has 78 valence electrons. The quantitative estimate of drug-likeness (QED) is 0.812. The van der Waals surface area contributed by atoms with Crippen LogP contribution in [0.5, 0.6) is 0 Å². The molecule has 0 unspecified atom stereocenters. The standard InChI is InChI=1S/C10H12N4O/c1-2-7-14-8(3-6-12-14)10-11-5-4-9(15)13-10/h3-6H,2,7H2,1H3,(H,11,13,15). The first-order valence-electron chi connectivity index (χ1n) is 4.89. The van der Waals surface area contributed by atoms with Crippen LogP contribution in [0.2, 0.25) is 0 Å². The molecule has 0 amide bonds. The van der Waals surface area contributed by atoms with E-state index in [9.17, 15) is 4.79 Å². The van der Waals surface area contributed by atoms with Crippen molar-refractivity contribution in [2.45, 2.75) is 19.9 Å². The maximum absolute atomic E-state index is 11.1. The molecule has 1 N–H and O–H groups in total. The summed E-state index contributed by atoms with van der Waals surface area (Å²) in [5.41, 5.74) is 0.693. The molecule has 2 heterocycles. The summed E-state index contributed by atoms with van der Waals surface area (Å²) in [4.78, 5) is 17.9. The summed E-state index contributed by atoms with van der Waals surface area (Å²) < 4.78 is 1.83. The molecule has 0 fully saturated rings. The summed E-state index contributed by atoms with van der Waals surface area (Å²) in [5.74, 6) is 0.563. The predicted molar refractivity (Wildman–Crippen MR) is 56.4 cm³/mol. The topological polar surface area (TPSA) is 63.6 Å². The van der Waals surface area contributed by atoms with Gasteiger partial charge in [-0.2, -0.15) is 5.10 Å². The number of aryl methyl sites for hydroxylation is 1. The SMILES string of the molecule is CCCn1nccc1-c1nccc(=O)[nH]1. The van der Waals surface area contributed by atoms with Crippen molar-refractivity contribution in [3.05, 3.63) is 34.9 Å². The summed E-state index contributed by atoms with van der Waals surface area (Å²) in [5, 5.41) is 4.17. The Morgan fingerprint density at radius 2 is 2.27 bits per heavy atom. The number of nitrogens with zero attached hydrogens (tertiary/aromatic N) is 3. The lowest BCUT2D eigenvalue weighted by Crippen LogP contribution is -2.09. The van der Waals surface area contributed by atoms with Crippen LogP contribution in [-0.4, -0.2) is 19.7 Å². The van der Waals surface area contributed by atoms with Gasteiger partial charge in [0.2, 0.25) is 0 Å². The summed E-state index contributed by atoms with van der Waals surface area (Å²) in [6.07, 6.45) is 4.20. The highest BCUT2D eigenvalue weighted by atomic mass is 16.1. The van der Waals surface area contributed by atoms with Crippen LogP contribution in [0.4, 0.5) is 0 Å². The molecule has 0 spiro atoms. The molecule has 2 rings (SSSR count). The van der Waals surface area contributed by atoms with Crippen LogP contribution in [0.1, 0.15) is 13.3 Å². The number of aromatic nitrogens is 4. The van der Waals surface area contributed by atoms with E-state index in [-0.39, 0.29) is 5.56 Å². The van der Waals surface area contributed by atoms with E-state index >= 15 is 0 Å². The van der Waals surface area contributed by atoms with Crippen molar-refractivity contribution in [3.8, 4) is 11.5 Å². The van der Waals surface area contributed by atoms with Crippen LogP contribution in [0.15, 0.2) is 29.3 Å². The van der Waals surface area contributed by atoms with Gasteiger partial charge in [-0.3, -0.25) is 9.48 Å². The Morgan fingerprint density at radius 3 is 3.00 bits per heavy atom. The molecule has 0 bridgehead atoms. The minimum absolute atomic E-state index is 0.149. The second-order valence-corrected chi connectivity index (χ2v) is 3.22. The number of nitrogens with one attached hydrogen (secondary N) is 1. The van der Waals surface area contributed by atoms with Crippen molar-refractivity contribution in [2.24, 2.45) is 0 Å². The normalized spacial score (nSPS) is 10.5. The lowest BCUT2D eigenvalue weighted by Gasteiger charge is -2.04. The Kier molecular flexibility index (Phi) is 2.62. The highest BCUT2D eigenvalue weighted by Gasteiger charge is 2.06. The molecule has 5 nitrogen and oxygen atoms in total. The zero-order valence-electron chi connectivity index (χ0n) is 8.47. The van der Waals surface area contributed by atoms with E-state index in [0.717, 1.165) is 18.7 Å². The zero-order chi connectivity index (χ0) is 10.7. The summed E-state index contributed by atoms with van der Waals surface area (Å²) in [6.45, 7) is 2.90. The molecule has 5 heteroatoms. The van der Waals surface area contributed by atoms with Crippen LogP contribution in [-0.2, 0) is 6.54 Å². The van der Waals surface area contributed by atoms with Gasteiger partial charge in [0.1, 0.15) is 5.69 Å². The third kappa shape index (κ3) is 1.96. The monoisotopic (exact) mass is 204 g/mol. The Morgan fingerprint density at radius 1 is 1.40 bits per heavy atom. The number of hydrogen-bond donors (Lipinski definition) is 1. The maximum Gasteiger partial charge on any atom is 0.251 e. The van der Waals surface area contributed by atoms with E-state index in [0.29, 0.717) is 5.82 Å². The predicted octanol–water partition coefficient (Wildman–Crippen LogP) is 1.04. The van der Waals surface area contributed by atoms with Crippen LogP contribution < -0.4 is 5.56 Å². The Labute approximate surface area is 86.8 Å². The fourth-order valence-electron chi connectivity index (χ4n) is 1.42. The third-order valence-electron chi connectivity index (χ3n) is 2.07. The summed E-state index contributed by atoms with van der Waals surface area (Å²) in [7, 11) is 0. The minimum atomic E-state index is -0.149. The van der Waals surface area contributed by atoms with Gasteiger partial charge in [0.25, 0.3) is 5.56 Å². The first kappa shape index (κ1) is 9.64. The minimum Gasteiger partial charge on any atom is -0.305 e. The lowest BCUT2D eigenvalue weighted by molar-refractivity contribution is 0.606. The molecule has 0 radical (unpaired) electrons. The van der Waals surface area contributed by atoms with Gasteiger partial charge >= 0.3 is 0 Å². The molecule has 0 saturated carbocycles.